The third kappa shape index (κ3) is 6.48. The number of amidine groups is 1. The Morgan fingerprint density at radius 3 is 1.61 bits per heavy atom. The van der Waals surface area contributed by atoms with Crippen LogP contribution in [0.2, 0.25) is 5.02 Å². The van der Waals surface area contributed by atoms with Crippen molar-refractivity contribution < 1.29 is 0 Å². The number of rotatable bonds is 6. The quantitative estimate of drug-likeness (QED) is 0.216. The molecular formula is C27H23ClN2S. The Balaban J connectivity index is 1.76. The normalized spacial score (nSPS) is 11.5. The van der Waals surface area contributed by atoms with Gasteiger partial charge in [0.05, 0.1) is 5.69 Å². The van der Waals surface area contributed by atoms with Crippen molar-refractivity contribution in [2.24, 2.45) is 9.36 Å². The van der Waals surface area contributed by atoms with Crippen LogP contribution in [0.3, 0.4) is 0 Å². The summed E-state index contributed by atoms with van der Waals surface area (Å²) < 4.78 is 5.20. The van der Waals surface area contributed by atoms with Crippen LogP contribution in [0.5, 0.6) is 0 Å². The zero-order chi connectivity index (χ0) is 21.3. The van der Waals surface area contributed by atoms with E-state index in [1.54, 1.807) is 0 Å². The second-order valence-electron chi connectivity index (χ2n) is 7.09. The highest BCUT2D eigenvalue weighted by molar-refractivity contribution is 7.86. The van der Waals surface area contributed by atoms with E-state index in [0.29, 0.717) is 5.02 Å². The van der Waals surface area contributed by atoms with Crippen LogP contribution in [0.15, 0.2) is 125 Å². The second kappa shape index (κ2) is 10.9. The fourth-order valence-electron chi connectivity index (χ4n) is 3.13. The highest BCUT2D eigenvalue weighted by Crippen LogP contribution is 2.20. The molecule has 31 heavy (non-hydrogen) atoms. The summed E-state index contributed by atoms with van der Waals surface area (Å²) in [5.41, 5.74) is 4.42. The fourth-order valence-corrected chi connectivity index (χ4v) is 5.04. The maximum absolute atomic E-state index is 6.06. The SMILES string of the molecule is Clc1ccc(N=C(N=S(Cc2ccccc2)Cc2ccccc2)c2ccccc2)cc1. The topological polar surface area (TPSA) is 24.7 Å². The lowest BCUT2D eigenvalue weighted by Crippen LogP contribution is -2.05. The molecule has 0 spiro atoms. The number of nitrogens with zero attached hydrogens (tertiary/aromatic N) is 2. The zero-order valence-electron chi connectivity index (χ0n) is 17.1. The molecule has 4 heteroatoms. The van der Waals surface area contributed by atoms with Crippen LogP contribution in [0.1, 0.15) is 16.7 Å². The van der Waals surface area contributed by atoms with Gasteiger partial charge in [0, 0.05) is 22.1 Å². The molecule has 0 aliphatic rings. The van der Waals surface area contributed by atoms with Gasteiger partial charge in [-0.3, -0.25) is 0 Å². The van der Waals surface area contributed by atoms with E-state index < -0.39 is 0 Å². The van der Waals surface area contributed by atoms with Crippen LogP contribution in [0.25, 0.3) is 0 Å². The van der Waals surface area contributed by atoms with Gasteiger partial charge in [-0.2, -0.15) is 0 Å². The molecular weight excluding hydrogens is 420 g/mol. The predicted octanol–water partition coefficient (Wildman–Crippen LogP) is 7.62. The lowest BCUT2D eigenvalue weighted by atomic mass is 10.2. The van der Waals surface area contributed by atoms with E-state index in [-0.39, 0.29) is 10.7 Å². The smallest absolute Gasteiger partial charge is 0.166 e. The molecule has 4 rings (SSSR count). The molecule has 0 N–H and O–H groups in total. The summed E-state index contributed by atoms with van der Waals surface area (Å²) in [4.78, 5) is 4.89. The van der Waals surface area contributed by atoms with E-state index in [1.165, 1.54) is 11.1 Å². The van der Waals surface area contributed by atoms with E-state index in [0.717, 1.165) is 28.6 Å². The lowest BCUT2D eigenvalue weighted by molar-refractivity contribution is 1.34. The summed E-state index contributed by atoms with van der Waals surface area (Å²) >= 11 is 6.06. The van der Waals surface area contributed by atoms with Crippen LogP contribution in [0, 0.1) is 0 Å². The van der Waals surface area contributed by atoms with Crippen molar-refractivity contribution in [1.29, 1.82) is 0 Å². The largest absolute Gasteiger partial charge is 0.228 e. The van der Waals surface area contributed by atoms with Crippen LogP contribution < -0.4 is 0 Å². The number of hydrogen-bond donors (Lipinski definition) is 0. The highest BCUT2D eigenvalue weighted by Gasteiger charge is 2.08. The minimum absolute atomic E-state index is 0.267. The van der Waals surface area contributed by atoms with Crippen LogP contribution in [-0.2, 0) is 22.2 Å². The first-order valence-electron chi connectivity index (χ1n) is 10.1. The van der Waals surface area contributed by atoms with Gasteiger partial charge >= 0.3 is 0 Å². The zero-order valence-corrected chi connectivity index (χ0v) is 18.6. The van der Waals surface area contributed by atoms with E-state index in [4.69, 9.17) is 21.0 Å². The monoisotopic (exact) mass is 442 g/mol. The summed E-state index contributed by atoms with van der Waals surface area (Å²) in [6.07, 6.45) is 0. The van der Waals surface area contributed by atoms with E-state index in [2.05, 4.69) is 60.7 Å². The van der Waals surface area contributed by atoms with Gasteiger partial charge in [0.15, 0.2) is 5.84 Å². The first-order chi connectivity index (χ1) is 15.3. The van der Waals surface area contributed by atoms with Gasteiger partial charge in [-0.05, 0) is 35.4 Å². The van der Waals surface area contributed by atoms with Crippen molar-refractivity contribution in [3.05, 3.63) is 137 Å². The summed E-state index contributed by atoms with van der Waals surface area (Å²) in [6, 6.07) is 38.8. The molecule has 0 aliphatic heterocycles. The second-order valence-corrected chi connectivity index (χ2v) is 9.21. The molecule has 154 valence electrons. The first-order valence-corrected chi connectivity index (χ1v) is 12.0. The van der Waals surface area contributed by atoms with Crippen molar-refractivity contribution in [1.82, 2.24) is 0 Å². The van der Waals surface area contributed by atoms with E-state index in [1.807, 2.05) is 54.6 Å². The number of benzene rings is 4. The van der Waals surface area contributed by atoms with Crippen LogP contribution in [-0.4, -0.2) is 5.84 Å². The molecule has 0 heterocycles. The maximum Gasteiger partial charge on any atom is 0.166 e. The predicted molar refractivity (Wildman–Crippen MR) is 134 cm³/mol. The van der Waals surface area contributed by atoms with Crippen LogP contribution >= 0.6 is 11.6 Å². The van der Waals surface area contributed by atoms with Gasteiger partial charge in [0.1, 0.15) is 0 Å². The molecule has 0 radical (unpaired) electrons. The molecule has 0 bridgehead atoms. The average Bonchev–Trinajstić information content (AvgIpc) is 2.82. The summed E-state index contributed by atoms with van der Waals surface area (Å²) in [7, 11) is -0.267. The Bertz CT molecular complexity index is 1110. The first kappa shape index (κ1) is 21.2. The van der Waals surface area contributed by atoms with Gasteiger partial charge in [-0.15, -0.1) is 0 Å². The Hall–Kier alpha value is -3.01. The Morgan fingerprint density at radius 2 is 1.10 bits per heavy atom. The number of aliphatic imine (C=N–C) groups is 1. The minimum Gasteiger partial charge on any atom is -0.228 e. The third-order valence-electron chi connectivity index (χ3n) is 4.66. The number of halogens is 1. The maximum atomic E-state index is 6.06. The van der Waals surface area contributed by atoms with E-state index in [9.17, 15) is 0 Å². The van der Waals surface area contributed by atoms with Crippen molar-refractivity contribution in [2.45, 2.75) is 11.5 Å². The highest BCUT2D eigenvalue weighted by atomic mass is 35.5. The van der Waals surface area contributed by atoms with Crippen LogP contribution in [0.4, 0.5) is 5.69 Å². The Morgan fingerprint density at radius 1 is 0.613 bits per heavy atom. The Labute approximate surface area is 191 Å². The molecule has 2 nitrogen and oxygen atoms in total. The Kier molecular flexibility index (Phi) is 7.43. The standard InChI is InChI=1S/C27H23ClN2S/c28-25-16-18-26(19-17-25)29-27(24-14-8-3-9-15-24)30-31(20-22-10-4-1-5-11-22)21-23-12-6-2-7-13-23/h1-19H,20-21H2. The van der Waals surface area contributed by atoms with Gasteiger partial charge in [-0.1, -0.05) is 113 Å². The molecule has 4 aromatic rings. The van der Waals surface area contributed by atoms with Crippen molar-refractivity contribution in [2.75, 3.05) is 0 Å². The molecule has 0 amide bonds. The number of hydrogen-bond acceptors (Lipinski definition) is 1. The molecule has 4 aromatic carbocycles. The molecule has 0 saturated heterocycles. The van der Waals surface area contributed by atoms with Gasteiger partial charge < -0.3 is 0 Å². The lowest BCUT2D eigenvalue weighted by Gasteiger charge is -2.11. The molecule has 0 aliphatic carbocycles. The molecule has 0 saturated carbocycles. The fraction of sp³-hybridized carbons (Fsp3) is 0.0741. The molecule has 0 unspecified atom stereocenters. The summed E-state index contributed by atoms with van der Waals surface area (Å²) in [6.45, 7) is 0. The molecule has 0 aromatic heterocycles. The molecule has 0 atom stereocenters. The van der Waals surface area contributed by atoms with E-state index >= 15 is 0 Å². The van der Waals surface area contributed by atoms with Gasteiger partial charge in [0.25, 0.3) is 0 Å². The van der Waals surface area contributed by atoms with Gasteiger partial charge in [0.2, 0.25) is 0 Å². The van der Waals surface area contributed by atoms with Crippen molar-refractivity contribution in [3.8, 4) is 0 Å². The summed E-state index contributed by atoms with van der Waals surface area (Å²) in [5, 5.41) is 0.699. The average molecular weight is 443 g/mol. The minimum atomic E-state index is -0.267. The molecule has 0 fully saturated rings. The van der Waals surface area contributed by atoms with Crippen molar-refractivity contribution in [3.63, 3.8) is 0 Å². The van der Waals surface area contributed by atoms with Crippen molar-refractivity contribution >= 4 is 33.8 Å². The van der Waals surface area contributed by atoms with Gasteiger partial charge in [-0.25, -0.2) is 9.36 Å². The summed E-state index contributed by atoms with van der Waals surface area (Å²) in [5.74, 6) is 2.50. The third-order valence-corrected chi connectivity index (χ3v) is 6.68.